The Bertz CT molecular complexity index is 700. The topological polar surface area (TPSA) is 154 Å². The fraction of sp³-hybridized carbons (Fsp3) is 0.412. The highest BCUT2D eigenvalue weighted by molar-refractivity contribution is 5.87. The maximum absolute atomic E-state index is 11.9. The van der Waals surface area contributed by atoms with Crippen LogP contribution in [-0.2, 0) is 14.3 Å². The zero-order valence-electron chi connectivity index (χ0n) is 13.9. The van der Waals surface area contributed by atoms with E-state index in [0.717, 1.165) is 6.08 Å². The molecule has 0 bridgehead atoms. The predicted molar refractivity (Wildman–Crippen MR) is 87.4 cm³/mol. The molecule has 2 atom stereocenters. The molecule has 5 N–H and O–H groups in total. The van der Waals surface area contributed by atoms with Crippen molar-refractivity contribution in [2.75, 3.05) is 7.11 Å². The second kappa shape index (κ2) is 7.73. The average molecular weight is 368 g/mol. The molecule has 0 aliphatic heterocycles. The molecule has 26 heavy (non-hydrogen) atoms. The molecule has 0 aromatic heterocycles. The summed E-state index contributed by atoms with van der Waals surface area (Å²) in [6.45, 7) is 0. The van der Waals surface area contributed by atoms with Crippen LogP contribution in [0.1, 0.15) is 18.4 Å². The van der Waals surface area contributed by atoms with E-state index >= 15 is 0 Å². The molecular weight excluding hydrogens is 348 g/mol. The van der Waals surface area contributed by atoms with Crippen LogP contribution in [0.5, 0.6) is 11.5 Å². The lowest BCUT2D eigenvalue weighted by Gasteiger charge is -2.39. The van der Waals surface area contributed by atoms with Crippen molar-refractivity contribution < 1.29 is 44.6 Å². The highest BCUT2D eigenvalue weighted by Crippen LogP contribution is 2.31. The van der Waals surface area contributed by atoms with Gasteiger partial charge in [0, 0.05) is 18.9 Å². The lowest BCUT2D eigenvalue weighted by Crippen LogP contribution is -2.57. The number of aliphatic hydroxyl groups excluding tert-OH is 2. The predicted octanol–water partition coefficient (Wildman–Crippen LogP) is -0.343. The van der Waals surface area contributed by atoms with Gasteiger partial charge in [-0.15, -0.1) is 0 Å². The number of benzene rings is 1. The van der Waals surface area contributed by atoms with Gasteiger partial charge in [-0.2, -0.15) is 0 Å². The van der Waals surface area contributed by atoms with E-state index in [9.17, 15) is 30.0 Å². The first-order valence-electron chi connectivity index (χ1n) is 7.74. The van der Waals surface area contributed by atoms with Gasteiger partial charge in [-0.05, 0) is 23.8 Å². The monoisotopic (exact) mass is 368 g/mol. The van der Waals surface area contributed by atoms with E-state index < -0.39 is 48.7 Å². The summed E-state index contributed by atoms with van der Waals surface area (Å²) in [6.07, 6.45) is -3.23. The Morgan fingerprint density at radius 3 is 2.35 bits per heavy atom. The van der Waals surface area contributed by atoms with Crippen molar-refractivity contribution >= 4 is 18.0 Å². The molecule has 1 aromatic rings. The minimum atomic E-state index is -2.28. The van der Waals surface area contributed by atoms with Crippen molar-refractivity contribution in [3.63, 3.8) is 0 Å². The Hall–Kier alpha value is -2.62. The molecule has 0 heterocycles. The molecule has 0 amide bonds. The number of hydrogen-bond acceptors (Lipinski definition) is 8. The second-order valence-corrected chi connectivity index (χ2v) is 6.05. The van der Waals surface area contributed by atoms with Crippen molar-refractivity contribution in [2.45, 2.75) is 36.8 Å². The van der Waals surface area contributed by atoms with E-state index in [1.165, 1.54) is 25.3 Å². The molecule has 1 aliphatic rings. The molecule has 9 heteroatoms. The Labute approximate surface area is 148 Å². The van der Waals surface area contributed by atoms with Gasteiger partial charge in [0.1, 0.15) is 0 Å². The number of carboxylic acids is 1. The third-order valence-corrected chi connectivity index (χ3v) is 4.12. The van der Waals surface area contributed by atoms with E-state index in [1.54, 1.807) is 6.07 Å². The Morgan fingerprint density at radius 2 is 1.85 bits per heavy atom. The fourth-order valence-electron chi connectivity index (χ4n) is 2.74. The maximum atomic E-state index is 11.9. The Kier molecular flexibility index (Phi) is 5.86. The molecule has 0 saturated heterocycles. The van der Waals surface area contributed by atoms with Crippen LogP contribution in [0.2, 0.25) is 0 Å². The van der Waals surface area contributed by atoms with Crippen molar-refractivity contribution in [2.24, 2.45) is 0 Å². The highest BCUT2D eigenvalue weighted by atomic mass is 16.6. The number of esters is 1. The van der Waals surface area contributed by atoms with Crippen LogP contribution in [0, 0.1) is 0 Å². The van der Waals surface area contributed by atoms with E-state index in [1.807, 2.05) is 0 Å². The summed E-state index contributed by atoms with van der Waals surface area (Å²) in [6, 6.07) is 4.45. The number of rotatable bonds is 5. The molecule has 2 unspecified atom stereocenters. The van der Waals surface area contributed by atoms with Crippen LogP contribution < -0.4 is 4.74 Å². The van der Waals surface area contributed by atoms with Gasteiger partial charge in [0.2, 0.25) is 0 Å². The SMILES string of the molecule is COc1ccc(C=CC(=O)OC2C(O)CC(O)(C(=O)O)CC2O)cc1O. The summed E-state index contributed by atoms with van der Waals surface area (Å²) in [5.74, 6) is -2.30. The fourth-order valence-corrected chi connectivity index (χ4v) is 2.74. The van der Waals surface area contributed by atoms with Crippen molar-refractivity contribution in [3.05, 3.63) is 29.8 Å². The number of phenolic OH excluding ortho intramolecular Hbond substituents is 1. The van der Waals surface area contributed by atoms with Crippen LogP contribution in [0.4, 0.5) is 0 Å². The van der Waals surface area contributed by atoms with Gasteiger partial charge in [0.05, 0.1) is 19.3 Å². The van der Waals surface area contributed by atoms with Crippen molar-refractivity contribution in [1.29, 1.82) is 0 Å². The molecule has 0 spiro atoms. The minimum absolute atomic E-state index is 0.117. The van der Waals surface area contributed by atoms with Gasteiger partial charge < -0.3 is 35.0 Å². The molecule has 1 saturated carbocycles. The van der Waals surface area contributed by atoms with Crippen LogP contribution in [-0.4, -0.2) is 68.5 Å². The highest BCUT2D eigenvalue weighted by Gasteiger charge is 2.50. The maximum Gasteiger partial charge on any atom is 0.335 e. The minimum Gasteiger partial charge on any atom is -0.504 e. The van der Waals surface area contributed by atoms with Crippen molar-refractivity contribution in [1.82, 2.24) is 0 Å². The van der Waals surface area contributed by atoms with Gasteiger partial charge >= 0.3 is 11.9 Å². The lowest BCUT2D eigenvalue weighted by atomic mass is 9.79. The lowest BCUT2D eigenvalue weighted by molar-refractivity contribution is -0.196. The van der Waals surface area contributed by atoms with E-state index in [-0.39, 0.29) is 11.5 Å². The number of aromatic hydroxyl groups is 1. The number of methoxy groups -OCH3 is 1. The zero-order valence-corrected chi connectivity index (χ0v) is 13.9. The van der Waals surface area contributed by atoms with Gasteiger partial charge in [0.25, 0.3) is 0 Å². The van der Waals surface area contributed by atoms with Crippen LogP contribution in [0.3, 0.4) is 0 Å². The first-order chi connectivity index (χ1) is 12.2. The quantitative estimate of drug-likeness (QED) is 0.347. The zero-order chi connectivity index (χ0) is 19.5. The summed E-state index contributed by atoms with van der Waals surface area (Å²) in [7, 11) is 1.40. The molecule has 1 aromatic carbocycles. The second-order valence-electron chi connectivity index (χ2n) is 6.05. The Balaban J connectivity index is 2.01. The number of aliphatic hydroxyl groups is 3. The van der Waals surface area contributed by atoms with Gasteiger partial charge in [-0.25, -0.2) is 9.59 Å². The van der Waals surface area contributed by atoms with Crippen LogP contribution in [0.15, 0.2) is 24.3 Å². The standard InChI is InChI=1S/C17H20O9/c1-25-13-4-2-9(6-10(13)18)3-5-14(21)26-15-11(19)7-17(24,16(22)23)8-12(15)20/h2-6,11-12,15,18-20,24H,7-8H2,1H3,(H,22,23). The Morgan fingerprint density at radius 1 is 1.23 bits per heavy atom. The number of carboxylic acid groups (broad SMARTS) is 1. The van der Waals surface area contributed by atoms with E-state index in [4.69, 9.17) is 14.6 Å². The number of carbonyl (C=O) groups excluding carboxylic acids is 1. The first-order valence-corrected chi connectivity index (χ1v) is 7.74. The van der Waals surface area contributed by atoms with Gasteiger partial charge in [0.15, 0.2) is 23.2 Å². The van der Waals surface area contributed by atoms with E-state index in [0.29, 0.717) is 5.56 Å². The van der Waals surface area contributed by atoms with Gasteiger partial charge in [-0.1, -0.05) is 6.07 Å². The number of carbonyl (C=O) groups is 2. The molecule has 2 rings (SSSR count). The largest absolute Gasteiger partial charge is 0.504 e. The van der Waals surface area contributed by atoms with Gasteiger partial charge in [-0.3, -0.25) is 0 Å². The number of aliphatic carboxylic acids is 1. The summed E-state index contributed by atoms with van der Waals surface area (Å²) in [4.78, 5) is 22.9. The van der Waals surface area contributed by atoms with E-state index in [2.05, 4.69) is 0 Å². The first kappa shape index (κ1) is 19.7. The summed E-state index contributed by atoms with van der Waals surface area (Å²) < 4.78 is 9.87. The molecule has 1 fully saturated rings. The molecule has 1 aliphatic carbocycles. The number of ether oxygens (including phenoxy) is 2. The summed E-state index contributed by atoms with van der Waals surface area (Å²) >= 11 is 0. The average Bonchev–Trinajstić information content (AvgIpc) is 2.56. The molecular formula is C17H20O9. The number of hydrogen-bond donors (Lipinski definition) is 5. The summed E-state index contributed by atoms with van der Waals surface area (Å²) in [5.41, 5.74) is -1.80. The third-order valence-electron chi connectivity index (χ3n) is 4.12. The van der Waals surface area contributed by atoms with Crippen LogP contribution in [0.25, 0.3) is 6.08 Å². The van der Waals surface area contributed by atoms with Crippen LogP contribution >= 0.6 is 0 Å². The summed E-state index contributed by atoms with van der Waals surface area (Å²) in [5, 5.41) is 48.3. The molecule has 0 radical (unpaired) electrons. The third kappa shape index (κ3) is 4.31. The van der Waals surface area contributed by atoms with Crippen molar-refractivity contribution in [3.8, 4) is 11.5 Å². The smallest absolute Gasteiger partial charge is 0.335 e. The normalized spacial score (nSPS) is 28.7. The molecule has 142 valence electrons. The molecule has 9 nitrogen and oxygen atoms in total. The number of phenols is 1.